The highest BCUT2D eigenvalue weighted by molar-refractivity contribution is 5.94. The number of carboxylic acid groups (broad SMARTS) is 1. The van der Waals surface area contributed by atoms with Gasteiger partial charge in [0, 0.05) is 5.69 Å². The van der Waals surface area contributed by atoms with Crippen molar-refractivity contribution in [2.45, 2.75) is 32.2 Å². The number of urea groups is 1. The van der Waals surface area contributed by atoms with Crippen molar-refractivity contribution in [1.29, 1.82) is 0 Å². The van der Waals surface area contributed by atoms with Gasteiger partial charge in [-0.05, 0) is 56.9 Å². The Kier molecular flexibility index (Phi) is 4.35. The number of carbonyl (C=O) groups is 2. The first-order valence-electron chi connectivity index (χ1n) is 7.01. The molecule has 1 aliphatic rings. The van der Waals surface area contributed by atoms with Crippen LogP contribution in [0, 0.1) is 5.92 Å². The minimum atomic E-state index is -1.21. The predicted octanol–water partition coefficient (Wildman–Crippen LogP) is 2.46. The quantitative estimate of drug-likeness (QED) is 0.751. The summed E-state index contributed by atoms with van der Waals surface area (Å²) in [5.41, 5.74) is -0.630. The summed E-state index contributed by atoms with van der Waals surface area (Å²) in [4.78, 5) is 23.3. The van der Waals surface area contributed by atoms with E-state index in [2.05, 4.69) is 10.6 Å². The molecule has 1 saturated carbocycles. The van der Waals surface area contributed by atoms with Crippen molar-refractivity contribution in [3.8, 4) is 5.75 Å². The largest absolute Gasteiger partial charge is 0.494 e. The Morgan fingerprint density at radius 1 is 1.33 bits per heavy atom. The summed E-state index contributed by atoms with van der Waals surface area (Å²) in [5.74, 6) is -0.287. The van der Waals surface area contributed by atoms with Crippen molar-refractivity contribution in [2.75, 3.05) is 11.9 Å². The highest BCUT2D eigenvalue weighted by Crippen LogP contribution is 2.39. The van der Waals surface area contributed by atoms with Crippen LogP contribution in [0.1, 0.15) is 26.7 Å². The van der Waals surface area contributed by atoms with E-state index in [0.717, 1.165) is 18.6 Å². The van der Waals surface area contributed by atoms with Crippen molar-refractivity contribution in [2.24, 2.45) is 5.92 Å². The predicted molar refractivity (Wildman–Crippen MR) is 78.5 cm³/mol. The van der Waals surface area contributed by atoms with Crippen LogP contribution in [0.4, 0.5) is 10.5 Å². The van der Waals surface area contributed by atoms with Gasteiger partial charge in [0.2, 0.25) is 0 Å². The average molecular weight is 292 g/mol. The second-order valence-electron chi connectivity index (χ2n) is 5.32. The average Bonchev–Trinajstić information content (AvgIpc) is 3.25. The van der Waals surface area contributed by atoms with E-state index in [0.29, 0.717) is 12.3 Å². The van der Waals surface area contributed by atoms with Gasteiger partial charge in [0.15, 0.2) is 0 Å². The molecule has 1 atom stereocenters. The van der Waals surface area contributed by atoms with Crippen LogP contribution in [0.25, 0.3) is 0 Å². The smallest absolute Gasteiger partial charge is 0.329 e. The van der Waals surface area contributed by atoms with E-state index in [4.69, 9.17) is 4.74 Å². The van der Waals surface area contributed by atoms with Crippen molar-refractivity contribution in [1.82, 2.24) is 5.32 Å². The standard InChI is InChI=1S/C15H20N2O4/c1-3-21-12-8-6-11(7-9-12)16-14(20)17-15(2,13(18)19)10-4-5-10/h6-10H,3-5H2,1-2H3,(H,18,19)(H2,16,17,20). The lowest BCUT2D eigenvalue weighted by molar-refractivity contribution is -0.144. The van der Waals surface area contributed by atoms with E-state index in [1.165, 1.54) is 0 Å². The first-order chi connectivity index (χ1) is 9.95. The highest BCUT2D eigenvalue weighted by atomic mass is 16.5. The minimum absolute atomic E-state index is 0.00100. The van der Waals surface area contributed by atoms with Crippen LogP contribution in [0.2, 0.25) is 0 Å². The summed E-state index contributed by atoms with van der Waals surface area (Å²) in [5, 5.41) is 14.5. The van der Waals surface area contributed by atoms with Gasteiger partial charge in [0.05, 0.1) is 6.61 Å². The van der Waals surface area contributed by atoms with Crippen LogP contribution in [-0.2, 0) is 4.79 Å². The van der Waals surface area contributed by atoms with Gasteiger partial charge in [0.25, 0.3) is 0 Å². The maximum atomic E-state index is 12.0. The Balaban J connectivity index is 1.96. The van der Waals surface area contributed by atoms with E-state index in [1.54, 1.807) is 31.2 Å². The summed E-state index contributed by atoms with van der Waals surface area (Å²) in [6.45, 7) is 4.01. The molecule has 0 aromatic heterocycles. The zero-order valence-corrected chi connectivity index (χ0v) is 12.2. The van der Waals surface area contributed by atoms with E-state index >= 15 is 0 Å². The number of hydrogen-bond donors (Lipinski definition) is 3. The second kappa shape index (κ2) is 6.03. The lowest BCUT2D eigenvalue weighted by Crippen LogP contribution is -2.55. The molecule has 1 unspecified atom stereocenters. The number of amides is 2. The number of carboxylic acids is 1. The molecule has 0 spiro atoms. The zero-order chi connectivity index (χ0) is 15.5. The van der Waals surface area contributed by atoms with Crippen LogP contribution < -0.4 is 15.4 Å². The molecule has 6 nitrogen and oxygen atoms in total. The molecule has 1 aliphatic carbocycles. The number of rotatable bonds is 6. The van der Waals surface area contributed by atoms with Crippen molar-refractivity contribution >= 4 is 17.7 Å². The number of anilines is 1. The van der Waals surface area contributed by atoms with Crippen LogP contribution in [0.5, 0.6) is 5.75 Å². The molecule has 2 amide bonds. The van der Waals surface area contributed by atoms with Gasteiger partial charge in [-0.15, -0.1) is 0 Å². The molecule has 1 fully saturated rings. The van der Waals surface area contributed by atoms with Gasteiger partial charge in [-0.2, -0.15) is 0 Å². The van der Waals surface area contributed by atoms with Crippen LogP contribution in [-0.4, -0.2) is 29.3 Å². The summed E-state index contributed by atoms with van der Waals surface area (Å²) < 4.78 is 5.31. The summed E-state index contributed by atoms with van der Waals surface area (Å²) >= 11 is 0. The zero-order valence-electron chi connectivity index (χ0n) is 12.2. The van der Waals surface area contributed by atoms with Gasteiger partial charge >= 0.3 is 12.0 Å². The first kappa shape index (κ1) is 15.2. The van der Waals surface area contributed by atoms with E-state index in [9.17, 15) is 14.7 Å². The molecule has 1 aromatic carbocycles. The third-order valence-electron chi connectivity index (χ3n) is 3.63. The normalized spacial score (nSPS) is 16.7. The first-order valence-corrected chi connectivity index (χ1v) is 7.01. The molecule has 0 aliphatic heterocycles. The topological polar surface area (TPSA) is 87.7 Å². The number of carbonyl (C=O) groups excluding carboxylic acids is 1. The van der Waals surface area contributed by atoms with Crippen molar-refractivity contribution in [3.05, 3.63) is 24.3 Å². The highest BCUT2D eigenvalue weighted by Gasteiger charge is 2.48. The van der Waals surface area contributed by atoms with Gasteiger partial charge in [-0.3, -0.25) is 0 Å². The Labute approximate surface area is 123 Å². The molecule has 1 aromatic rings. The summed E-state index contributed by atoms with van der Waals surface area (Å²) in [7, 11) is 0. The molecule has 6 heteroatoms. The van der Waals surface area contributed by atoms with Crippen LogP contribution >= 0.6 is 0 Å². The summed E-state index contributed by atoms with van der Waals surface area (Å²) in [6.07, 6.45) is 1.65. The Hall–Kier alpha value is -2.24. The Morgan fingerprint density at radius 3 is 2.43 bits per heavy atom. The lowest BCUT2D eigenvalue weighted by atomic mass is 9.96. The molecule has 0 radical (unpaired) electrons. The van der Waals surface area contributed by atoms with Gasteiger partial charge in [0.1, 0.15) is 11.3 Å². The van der Waals surface area contributed by atoms with Crippen LogP contribution in [0.15, 0.2) is 24.3 Å². The number of nitrogens with one attached hydrogen (secondary N) is 2. The monoisotopic (exact) mass is 292 g/mol. The van der Waals surface area contributed by atoms with Crippen molar-refractivity contribution < 1.29 is 19.4 Å². The maximum absolute atomic E-state index is 12.0. The molecule has 0 saturated heterocycles. The Morgan fingerprint density at radius 2 is 1.95 bits per heavy atom. The number of ether oxygens (including phenoxy) is 1. The Bertz CT molecular complexity index is 525. The van der Waals surface area contributed by atoms with E-state index in [1.807, 2.05) is 6.92 Å². The molecule has 3 N–H and O–H groups in total. The molecular weight excluding hydrogens is 272 g/mol. The van der Waals surface area contributed by atoms with Crippen LogP contribution in [0.3, 0.4) is 0 Å². The van der Waals surface area contributed by atoms with E-state index in [-0.39, 0.29) is 5.92 Å². The third-order valence-corrected chi connectivity index (χ3v) is 3.63. The third kappa shape index (κ3) is 3.65. The summed E-state index contributed by atoms with van der Waals surface area (Å²) in [6, 6.07) is 6.39. The fraction of sp³-hybridized carbons (Fsp3) is 0.467. The maximum Gasteiger partial charge on any atom is 0.329 e. The fourth-order valence-electron chi connectivity index (χ4n) is 2.19. The SMILES string of the molecule is CCOc1ccc(NC(=O)NC(C)(C(=O)O)C2CC2)cc1. The van der Waals surface area contributed by atoms with E-state index < -0.39 is 17.5 Å². The molecular formula is C15H20N2O4. The number of benzene rings is 1. The molecule has 21 heavy (non-hydrogen) atoms. The second-order valence-corrected chi connectivity index (χ2v) is 5.32. The lowest BCUT2D eigenvalue weighted by Gasteiger charge is -2.26. The number of hydrogen-bond acceptors (Lipinski definition) is 3. The van der Waals surface area contributed by atoms with Gasteiger partial charge < -0.3 is 20.5 Å². The number of aliphatic carboxylic acids is 1. The molecule has 114 valence electrons. The molecule has 2 rings (SSSR count). The molecule has 0 bridgehead atoms. The molecule has 0 heterocycles. The van der Waals surface area contributed by atoms with Gasteiger partial charge in [-0.1, -0.05) is 0 Å². The van der Waals surface area contributed by atoms with Crippen molar-refractivity contribution in [3.63, 3.8) is 0 Å². The minimum Gasteiger partial charge on any atom is -0.494 e. The van der Waals surface area contributed by atoms with Gasteiger partial charge in [-0.25, -0.2) is 9.59 Å². The fourth-order valence-corrected chi connectivity index (χ4v) is 2.19.